The monoisotopic (exact) mass is 262 g/mol. The number of amides is 1. The van der Waals surface area contributed by atoms with Crippen molar-refractivity contribution >= 4 is 5.91 Å². The van der Waals surface area contributed by atoms with Crippen LogP contribution in [-0.4, -0.2) is 43.1 Å². The summed E-state index contributed by atoms with van der Waals surface area (Å²) in [4.78, 5) is 14.7. The van der Waals surface area contributed by atoms with Crippen molar-refractivity contribution in [1.29, 1.82) is 0 Å². The molecule has 1 saturated heterocycles. The van der Waals surface area contributed by atoms with Crippen LogP contribution in [0.15, 0.2) is 24.3 Å². The Bertz CT molecular complexity index is 457. The van der Waals surface area contributed by atoms with Crippen LogP contribution in [0.4, 0.5) is 0 Å². The number of ether oxygens (including phenoxy) is 1. The number of nitrogens with zero attached hydrogens (tertiary/aromatic N) is 1. The molecule has 1 heterocycles. The molecule has 0 bridgehead atoms. The van der Waals surface area contributed by atoms with Gasteiger partial charge in [-0.2, -0.15) is 0 Å². The van der Waals surface area contributed by atoms with Gasteiger partial charge < -0.3 is 15.0 Å². The van der Waals surface area contributed by atoms with Gasteiger partial charge in [-0.3, -0.25) is 4.79 Å². The topological polar surface area (TPSA) is 41.6 Å². The lowest BCUT2D eigenvalue weighted by molar-refractivity contribution is 0.0575. The van der Waals surface area contributed by atoms with Crippen LogP contribution in [0.5, 0.6) is 5.75 Å². The number of methoxy groups -OCH3 is 1. The highest BCUT2D eigenvalue weighted by molar-refractivity contribution is 5.97. The molecule has 1 amide bonds. The average Bonchev–Trinajstić information content (AvgIpc) is 2.58. The van der Waals surface area contributed by atoms with Crippen molar-refractivity contribution in [1.82, 2.24) is 10.2 Å². The fourth-order valence-electron chi connectivity index (χ4n) is 2.50. The lowest BCUT2D eigenvalue weighted by Gasteiger charge is -2.37. The molecular weight excluding hydrogens is 240 g/mol. The highest BCUT2D eigenvalue weighted by Gasteiger charge is 2.33. The van der Waals surface area contributed by atoms with Crippen molar-refractivity contribution in [3.63, 3.8) is 0 Å². The van der Waals surface area contributed by atoms with Crippen molar-refractivity contribution in [3.05, 3.63) is 29.8 Å². The molecule has 1 aliphatic rings. The van der Waals surface area contributed by atoms with E-state index in [1.807, 2.05) is 29.2 Å². The number of hydrogen-bond donors (Lipinski definition) is 1. The predicted molar refractivity (Wildman–Crippen MR) is 75.6 cm³/mol. The molecule has 1 aromatic rings. The Labute approximate surface area is 114 Å². The van der Waals surface area contributed by atoms with Gasteiger partial charge in [0.05, 0.1) is 12.7 Å². The van der Waals surface area contributed by atoms with Crippen molar-refractivity contribution in [2.24, 2.45) is 0 Å². The van der Waals surface area contributed by atoms with E-state index in [-0.39, 0.29) is 11.4 Å². The zero-order valence-corrected chi connectivity index (χ0v) is 11.9. The van der Waals surface area contributed by atoms with E-state index in [0.717, 1.165) is 26.1 Å². The Morgan fingerprint density at radius 3 is 2.84 bits per heavy atom. The fraction of sp³-hybridized carbons (Fsp3) is 0.533. The maximum Gasteiger partial charge on any atom is 0.258 e. The van der Waals surface area contributed by atoms with Gasteiger partial charge in [-0.25, -0.2) is 0 Å². The van der Waals surface area contributed by atoms with Crippen molar-refractivity contribution < 1.29 is 9.53 Å². The molecule has 1 fully saturated rings. The summed E-state index contributed by atoms with van der Waals surface area (Å²) in [5.74, 6) is 0.687. The lowest BCUT2D eigenvalue weighted by Crippen LogP contribution is -2.51. The summed E-state index contributed by atoms with van der Waals surface area (Å²) < 4.78 is 5.29. The molecule has 0 spiro atoms. The zero-order valence-electron chi connectivity index (χ0n) is 11.9. The molecule has 0 saturated carbocycles. The van der Waals surface area contributed by atoms with Crippen molar-refractivity contribution in [2.45, 2.75) is 25.8 Å². The standard InChI is InChI=1S/C15H22N2O2/c1-15(2)11-16-9-6-10-17(15)14(18)12-7-4-5-8-13(12)19-3/h4-5,7-8,16H,6,9-11H2,1-3H3. The Balaban J connectivity index is 2.31. The molecule has 4 nitrogen and oxygen atoms in total. The molecule has 0 aliphatic carbocycles. The van der Waals surface area contributed by atoms with E-state index in [9.17, 15) is 4.79 Å². The van der Waals surface area contributed by atoms with E-state index >= 15 is 0 Å². The van der Waals surface area contributed by atoms with Gasteiger partial charge in [0, 0.05) is 18.6 Å². The molecule has 0 atom stereocenters. The third-order valence-corrected chi connectivity index (χ3v) is 3.61. The van der Waals surface area contributed by atoms with Crippen LogP contribution in [0.1, 0.15) is 30.6 Å². The van der Waals surface area contributed by atoms with Crippen LogP contribution in [0.25, 0.3) is 0 Å². The number of para-hydroxylation sites is 1. The molecule has 0 unspecified atom stereocenters. The van der Waals surface area contributed by atoms with Crippen molar-refractivity contribution in [2.75, 3.05) is 26.7 Å². The minimum atomic E-state index is -0.186. The van der Waals surface area contributed by atoms with E-state index in [4.69, 9.17) is 4.74 Å². The summed E-state index contributed by atoms with van der Waals surface area (Å²) >= 11 is 0. The summed E-state index contributed by atoms with van der Waals surface area (Å²) in [7, 11) is 1.60. The second-order valence-corrected chi connectivity index (χ2v) is 5.50. The largest absolute Gasteiger partial charge is 0.496 e. The zero-order chi connectivity index (χ0) is 13.9. The number of carbonyl (C=O) groups is 1. The predicted octanol–water partition coefficient (Wildman–Crippen LogP) is 1.91. The number of hydrogen-bond acceptors (Lipinski definition) is 3. The van der Waals surface area contributed by atoms with Crippen LogP contribution >= 0.6 is 0 Å². The first-order valence-electron chi connectivity index (χ1n) is 6.72. The lowest BCUT2D eigenvalue weighted by atomic mass is 10.0. The SMILES string of the molecule is COc1ccccc1C(=O)N1CCCNCC1(C)C. The molecule has 2 rings (SSSR count). The van der Waals surface area contributed by atoms with Gasteiger partial charge in [-0.15, -0.1) is 0 Å². The summed E-state index contributed by atoms with van der Waals surface area (Å²) in [5, 5.41) is 3.38. The first-order valence-corrected chi connectivity index (χ1v) is 6.72. The number of rotatable bonds is 2. The van der Waals surface area contributed by atoms with Crippen LogP contribution < -0.4 is 10.1 Å². The summed E-state index contributed by atoms with van der Waals surface area (Å²) in [6.07, 6.45) is 0.977. The van der Waals surface area contributed by atoms with Crippen LogP contribution in [0.3, 0.4) is 0 Å². The van der Waals surface area contributed by atoms with Crippen molar-refractivity contribution in [3.8, 4) is 5.75 Å². The molecular formula is C15H22N2O2. The maximum atomic E-state index is 12.8. The van der Waals surface area contributed by atoms with Gasteiger partial charge >= 0.3 is 0 Å². The molecule has 19 heavy (non-hydrogen) atoms. The molecule has 4 heteroatoms. The average molecular weight is 262 g/mol. The van der Waals surface area contributed by atoms with Gasteiger partial charge in [0.15, 0.2) is 0 Å². The van der Waals surface area contributed by atoms with Crippen LogP contribution in [-0.2, 0) is 0 Å². The van der Waals surface area contributed by atoms with E-state index in [0.29, 0.717) is 11.3 Å². The minimum Gasteiger partial charge on any atom is -0.496 e. The van der Waals surface area contributed by atoms with Gasteiger partial charge in [-0.05, 0) is 38.9 Å². The van der Waals surface area contributed by atoms with E-state index in [2.05, 4.69) is 19.2 Å². The normalized spacial score (nSPS) is 18.8. The number of benzene rings is 1. The van der Waals surface area contributed by atoms with Gasteiger partial charge in [0.25, 0.3) is 5.91 Å². The second kappa shape index (κ2) is 5.61. The van der Waals surface area contributed by atoms with E-state index in [1.165, 1.54) is 0 Å². The smallest absolute Gasteiger partial charge is 0.258 e. The van der Waals surface area contributed by atoms with E-state index in [1.54, 1.807) is 7.11 Å². The summed E-state index contributed by atoms with van der Waals surface area (Å²) in [6.45, 7) is 6.74. The first kappa shape index (κ1) is 13.9. The molecule has 0 aromatic heterocycles. The van der Waals surface area contributed by atoms with Gasteiger partial charge in [0.1, 0.15) is 5.75 Å². The van der Waals surface area contributed by atoms with Crippen LogP contribution in [0, 0.1) is 0 Å². The fourth-order valence-corrected chi connectivity index (χ4v) is 2.50. The second-order valence-electron chi connectivity index (χ2n) is 5.50. The molecule has 1 N–H and O–H groups in total. The summed E-state index contributed by atoms with van der Waals surface area (Å²) in [5.41, 5.74) is 0.453. The molecule has 104 valence electrons. The molecule has 1 aromatic carbocycles. The molecule has 0 radical (unpaired) electrons. The molecule has 1 aliphatic heterocycles. The summed E-state index contributed by atoms with van der Waals surface area (Å²) in [6, 6.07) is 7.41. The van der Waals surface area contributed by atoms with E-state index < -0.39 is 0 Å². The van der Waals surface area contributed by atoms with Crippen LogP contribution in [0.2, 0.25) is 0 Å². The first-order chi connectivity index (χ1) is 9.06. The maximum absolute atomic E-state index is 12.8. The highest BCUT2D eigenvalue weighted by atomic mass is 16.5. The third kappa shape index (κ3) is 2.89. The van der Waals surface area contributed by atoms with Gasteiger partial charge in [0.2, 0.25) is 0 Å². The number of carbonyl (C=O) groups excluding carboxylic acids is 1. The highest BCUT2D eigenvalue weighted by Crippen LogP contribution is 2.24. The van der Waals surface area contributed by atoms with Gasteiger partial charge in [-0.1, -0.05) is 12.1 Å². The Kier molecular flexibility index (Phi) is 4.10. The third-order valence-electron chi connectivity index (χ3n) is 3.61. The quantitative estimate of drug-likeness (QED) is 0.885. The Morgan fingerprint density at radius 1 is 1.37 bits per heavy atom. The Hall–Kier alpha value is -1.55. The number of nitrogens with one attached hydrogen (secondary N) is 1. The minimum absolute atomic E-state index is 0.0474. The Morgan fingerprint density at radius 2 is 2.11 bits per heavy atom.